The molecule has 0 amide bonds. The van der Waals surface area contributed by atoms with Crippen LogP contribution in [0.15, 0.2) is 28.9 Å². The van der Waals surface area contributed by atoms with Gasteiger partial charge in [-0.3, -0.25) is 0 Å². The second-order valence-electron chi connectivity index (χ2n) is 3.66. The van der Waals surface area contributed by atoms with Gasteiger partial charge in [-0.25, -0.2) is 0 Å². The molecule has 0 saturated carbocycles. The highest BCUT2D eigenvalue weighted by Crippen LogP contribution is 2.24. The van der Waals surface area contributed by atoms with Gasteiger partial charge in [-0.15, -0.1) is 0 Å². The summed E-state index contributed by atoms with van der Waals surface area (Å²) < 4.78 is 8.45. The zero-order valence-corrected chi connectivity index (χ0v) is 10.5. The summed E-state index contributed by atoms with van der Waals surface area (Å²) >= 11 is 3.50. The molecule has 0 bridgehead atoms. The van der Waals surface area contributed by atoms with E-state index in [4.69, 9.17) is 4.74 Å². The first-order valence-corrected chi connectivity index (χ1v) is 5.75. The summed E-state index contributed by atoms with van der Waals surface area (Å²) in [6.45, 7) is 3.78. The topological polar surface area (TPSA) is 14.2 Å². The molecule has 1 aromatic carbocycles. The maximum atomic E-state index is 5.10. The molecule has 0 atom stereocenters. The molecule has 2 rings (SSSR count). The maximum absolute atomic E-state index is 5.10. The van der Waals surface area contributed by atoms with Crippen molar-refractivity contribution in [1.29, 1.82) is 0 Å². The number of methoxy groups -OCH3 is 1. The molecule has 1 aromatic heterocycles. The minimum atomic E-state index is 0.746. The van der Waals surface area contributed by atoms with E-state index in [9.17, 15) is 0 Å². The number of fused-ring (bicyclic) bond motifs is 1. The molecule has 0 radical (unpaired) electrons. The summed E-state index contributed by atoms with van der Waals surface area (Å²) in [7, 11) is 1.73. The van der Waals surface area contributed by atoms with Crippen molar-refractivity contribution in [3.05, 3.63) is 34.4 Å². The molecular formula is C12H14BrNO. The van der Waals surface area contributed by atoms with Crippen molar-refractivity contribution in [2.75, 3.05) is 13.7 Å². The van der Waals surface area contributed by atoms with Crippen LogP contribution in [0.1, 0.15) is 5.56 Å². The van der Waals surface area contributed by atoms with Crippen molar-refractivity contribution in [2.45, 2.75) is 13.5 Å². The predicted octanol–water partition coefficient (Wildman–Crippen LogP) is 3.36. The van der Waals surface area contributed by atoms with Gasteiger partial charge in [0, 0.05) is 35.2 Å². The second-order valence-corrected chi connectivity index (χ2v) is 4.58. The summed E-state index contributed by atoms with van der Waals surface area (Å²) in [5, 5.41) is 1.31. The molecule has 0 saturated heterocycles. The first-order chi connectivity index (χ1) is 7.22. The number of hydrogen-bond donors (Lipinski definition) is 0. The Labute approximate surface area is 98.0 Å². The Balaban J connectivity index is 2.49. The van der Waals surface area contributed by atoms with Crippen molar-refractivity contribution in [1.82, 2.24) is 4.57 Å². The third-order valence-corrected chi connectivity index (χ3v) is 3.07. The van der Waals surface area contributed by atoms with Crippen molar-refractivity contribution >= 4 is 26.8 Å². The van der Waals surface area contributed by atoms with E-state index in [0.29, 0.717) is 0 Å². The Hall–Kier alpha value is -0.800. The van der Waals surface area contributed by atoms with Gasteiger partial charge in [0.1, 0.15) is 0 Å². The molecule has 0 unspecified atom stereocenters. The van der Waals surface area contributed by atoms with E-state index < -0.39 is 0 Å². The van der Waals surface area contributed by atoms with E-state index in [-0.39, 0.29) is 0 Å². The lowest BCUT2D eigenvalue weighted by Crippen LogP contribution is -2.02. The Morgan fingerprint density at radius 1 is 1.40 bits per heavy atom. The van der Waals surface area contributed by atoms with Gasteiger partial charge in [-0.2, -0.15) is 0 Å². The first-order valence-electron chi connectivity index (χ1n) is 4.96. The van der Waals surface area contributed by atoms with Crippen molar-refractivity contribution in [3.63, 3.8) is 0 Å². The van der Waals surface area contributed by atoms with Crippen LogP contribution in [0.4, 0.5) is 0 Å². The zero-order chi connectivity index (χ0) is 10.8. The zero-order valence-electron chi connectivity index (χ0n) is 8.96. The highest BCUT2D eigenvalue weighted by Gasteiger charge is 2.05. The molecule has 1 heterocycles. The second kappa shape index (κ2) is 4.37. The van der Waals surface area contributed by atoms with Crippen LogP contribution in [0.5, 0.6) is 0 Å². The van der Waals surface area contributed by atoms with Gasteiger partial charge >= 0.3 is 0 Å². The van der Waals surface area contributed by atoms with Gasteiger partial charge in [-0.1, -0.05) is 22.0 Å². The van der Waals surface area contributed by atoms with Crippen LogP contribution in [0.25, 0.3) is 10.9 Å². The molecule has 0 N–H and O–H groups in total. The van der Waals surface area contributed by atoms with Gasteiger partial charge in [0.05, 0.1) is 6.61 Å². The number of halogens is 1. The lowest BCUT2D eigenvalue weighted by atomic mass is 10.2. The van der Waals surface area contributed by atoms with E-state index in [0.717, 1.165) is 17.6 Å². The van der Waals surface area contributed by atoms with E-state index in [1.807, 2.05) is 0 Å². The number of hydrogen-bond acceptors (Lipinski definition) is 1. The minimum absolute atomic E-state index is 0.746. The van der Waals surface area contributed by atoms with E-state index in [1.165, 1.54) is 16.5 Å². The fourth-order valence-corrected chi connectivity index (χ4v) is 2.17. The standard InChI is InChI=1S/C12H14BrNO/c1-9-8-14(5-6-15-2)12-7-10(13)3-4-11(9)12/h3-4,7-8H,5-6H2,1-2H3. The molecule has 0 aliphatic carbocycles. The van der Waals surface area contributed by atoms with Crippen LogP contribution in [-0.4, -0.2) is 18.3 Å². The molecule has 80 valence electrons. The van der Waals surface area contributed by atoms with Gasteiger partial charge in [-0.05, 0) is 24.6 Å². The molecule has 0 aliphatic rings. The lowest BCUT2D eigenvalue weighted by molar-refractivity contribution is 0.188. The fraction of sp³-hybridized carbons (Fsp3) is 0.333. The summed E-state index contributed by atoms with van der Waals surface area (Å²) in [6, 6.07) is 6.38. The Kier molecular flexibility index (Phi) is 3.12. The quantitative estimate of drug-likeness (QED) is 0.832. The van der Waals surface area contributed by atoms with Crippen molar-refractivity contribution in [3.8, 4) is 0 Å². The molecule has 15 heavy (non-hydrogen) atoms. The molecule has 2 aromatic rings. The predicted molar refractivity (Wildman–Crippen MR) is 66.3 cm³/mol. The summed E-state index contributed by atoms with van der Waals surface area (Å²) in [6.07, 6.45) is 2.18. The lowest BCUT2D eigenvalue weighted by Gasteiger charge is -2.04. The monoisotopic (exact) mass is 267 g/mol. The summed E-state index contributed by atoms with van der Waals surface area (Å²) in [5.74, 6) is 0. The van der Waals surface area contributed by atoms with Gasteiger partial charge in [0.2, 0.25) is 0 Å². The smallest absolute Gasteiger partial charge is 0.0641 e. The molecule has 2 nitrogen and oxygen atoms in total. The van der Waals surface area contributed by atoms with Crippen molar-refractivity contribution < 1.29 is 4.74 Å². The normalized spacial score (nSPS) is 11.1. The molecular weight excluding hydrogens is 254 g/mol. The Bertz CT molecular complexity index is 476. The number of aryl methyl sites for hydroxylation is 1. The summed E-state index contributed by atoms with van der Waals surface area (Å²) in [4.78, 5) is 0. The average molecular weight is 268 g/mol. The van der Waals surface area contributed by atoms with Crippen LogP contribution in [0.3, 0.4) is 0 Å². The van der Waals surface area contributed by atoms with Crippen LogP contribution in [-0.2, 0) is 11.3 Å². The average Bonchev–Trinajstić information content (AvgIpc) is 2.52. The molecule has 0 spiro atoms. The Morgan fingerprint density at radius 3 is 2.93 bits per heavy atom. The number of ether oxygens (including phenoxy) is 1. The van der Waals surface area contributed by atoms with Gasteiger partial charge < -0.3 is 9.30 Å². The largest absolute Gasteiger partial charge is 0.383 e. The van der Waals surface area contributed by atoms with Crippen LogP contribution in [0, 0.1) is 6.92 Å². The van der Waals surface area contributed by atoms with E-state index in [1.54, 1.807) is 7.11 Å². The third kappa shape index (κ3) is 2.08. The fourth-order valence-electron chi connectivity index (χ4n) is 1.82. The maximum Gasteiger partial charge on any atom is 0.0641 e. The minimum Gasteiger partial charge on any atom is -0.383 e. The number of benzene rings is 1. The number of nitrogens with zero attached hydrogens (tertiary/aromatic N) is 1. The third-order valence-electron chi connectivity index (χ3n) is 2.58. The van der Waals surface area contributed by atoms with Gasteiger partial charge in [0.15, 0.2) is 0 Å². The Morgan fingerprint density at radius 2 is 2.20 bits per heavy atom. The molecule has 0 fully saturated rings. The van der Waals surface area contributed by atoms with E-state index in [2.05, 4.69) is 51.8 Å². The highest BCUT2D eigenvalue weighted by molar-refractivity contribution is 9.10. The van der Waals surface area contributed by atoms with Crippen LogP contribution in [0.2, 0.25) is 0 Å². The van der Waals surface area contributed by atoms with E-state index >= 15 is 0 Å². The first kappa shape index (κ1) is 10.7. The van der Waals surface area contributed by atoms with Crippen LogP contribution >= 0.6 is 15.9 Å². The number of aromatic nitrogens is 1. The highest BCUT2D eigenvalue weighted by atomic mass is 79.9. The van der Waals surface area contributed by atoms with Crippen molar-refractivity contribution in [2.24, 2.45) is 0 Å². The number of rotatable bonds is 3. The molecule has 3 heteroatoms. The summed E-state index contributed by atoms with van der Waals surface area (Å²) in [5.41, 5.74) is 2.58. The SMILES string of the molecule is COCCn1cc(C)c2ccc(Br)cc21. The molecule has 0 aliphatic heterocycles. The van der Waals surface area contributed by atoms with Gasteiger partial charge in [0.25, 0.3) is 0 Å². The van der Waals surface area contributed by atoms with Crippen LogP contribution < -0.4 is 0 Å².